The molecule has 6 nitrogen and oxygen atoms in total. The van der Waals surface area contributed by atoms with Crippen molar-refractivity contribution in [3.05, 3.63) is 63.5 Å². The van der Waals surface area contributed by atoms with Crippen molar-refractivity contribution in [1.29, 1.82) is 0 Å². The fourth-order valence-corrected chi connectivity index (χ4v) is 2.43. The lowest BCUT2D eigenvalue weighted by Crippen LogP contribution is -2.03. The van der Waals surface area contributed by atoms with E-state index in [9.17, 15) is 10.1 Å². The van der Waals surface area contributed by atoms with Gasteiger partial charge in [-0.2, -0.15) is 0 Å². The quantitative estimate of drug-likeness (QED) is 0.482. The molecule has 1 aromatic heterocycles. The number of hydrogen-bond donors (Lipinski definition) is 1. The summed E-state index contributed by atoms with van der Waals surface area (Å²) in [6.07, 6.45) is 12.4. The smallest absolute Gasteiger partial charge is 0.277 e. The van der Waals surface area contributed by atoms with Crippen LogP contribution in [0.5, 0.6) is 0 Å². The first kappa shape index (κ1) is 17.6. The molecule has 2 rings (SSSR count). The number of aliphatic imine (C=N–C) groups is 1. The Balaban J connectivity index is 2.15. The average molecular weight is 326 g/mol. The number of aromatic nitrogens is 1. The number of allylic oxidation sites excluding steroid dienone is 5. The Morgan fingerprint density at radius 3 is 2.96 bits per heavy atom. The van der Waals surface area contributed by atoms with Crippen LogP contribution in [-0.4, -0.2) is 22.7 Å². The van der Waals surface area contributed by atoms with E-state index in [1.54, 1.807) is 6.92 Å². The first-order valence-corrected chi connectivity index (χ1v) is 7.94. The number of anilines is 1. The van der Waals surface area contributed by atoms with Crippen LogP contribution in [0.15, 0.2) is 52.8 Å². The van der Waals surface area contributed by atoms with E-state index >= 15 is 0 Å². The number of nitrogens with zero attached hydrogens (tertiary/aromatic N) is 3. The van der Waals surface area contributed by atoms with Crippen molar-refractivity contribution < 1.29 is 4.92 Å². The topological polar surface area (TPSA) is 80.4 Å². The first-order chi connectivity index (χ1) is 11.5. The van der Waals surface area contributed by atoms with Crippen molar-refractivity contribution in [2.45, 2.75) is 27.2 Å². The van der Waals surface area contributed by atoms with Crippen LogP contribution in [0.1, 0.15) is 25.8 Å². The van der Waals surface area contributed by atoms with Crippen LogP contribution in [0, 0.1) is 23.0 Å². The Labute approximate surface area is 141 Å². The maximum atomic E-state index is 11.0. The van der Waals surface area contributed by atoms with E-state index in [-0.39, 0.29) is 5.69 Å². The second-order valence-electron chi connectivity index (χ2n) is 5.66. The van der Waals surface area contributed by atoms with E-state index in [4.69, 9.17) is 0 Å². The van der Waals surface area contributed by atoms with Crippen LogP contribution in [-0.2, 0) is 0 Å². The molecule has 1 unspecified atom stereocenters. The molecule has 126 valence electrons. The maximum Gasteiger partial charge on any atom is 0.277 e. The number of aryl methyl sites for hydroxylation is 1. The van der Waals surface area contributed by atoms with E-state index in [0.29, 0.717) is 17.3 Å². The molecule has 0 aromatic carbocycles. The summed E-state index contributed by atoms with van der Waals surface area (Å²) in [6.45, 7) is 6.55. The molecule has 0 aliphatic heterocycles. The molecule has 0 amide bonds. The van der Waals surface area contributed by atoms with Crippen molar-refractivity contribution in [2.75, 3.05) is 11.9 Å². The lowest BCUT2D eigenvalue weighted by Gasteiger charge is -2.11. The number of hydrogen-bond acceptors (Lipinski definition) is 5. The molecule has 1 N–H and O–H groups in total. The van der Waals surface area contributed by atoms with Gasteiger partial charge in [-0.15, -0.1) is 0 Å². The molecule has 1 aliphatic rings. The summed E-state index contributed by atoms with van der Waals surface area (Å²) in [5.41, 5.74) is 2.66. The molecule has 1 atom stereocenters. The van der Waals surface area contributed by atoms with Gasteiger partial charge in [0, 0.05) is 29.9 Å². The lowest BCUT2D eigenvalue weighted by atomic mass is 9.97. The van der Waals surface area contributed by atoms with Gasteiger partial charge in [-0.1, -0.05) is 17.7 Å². The zero-order chi connectivity index (χ0) is 17.5. The number of pyridine rings is 1. The van der Waals surface area contributed by atoms with E-state index in [1.165, 1.54) is 17.8 Å². The minimum atomic E-state index is -0.395. The van der Waals surface area contributed by atoms with Crippen molar-refractivity contribution in [3.8, 4) is 0 Å². The van der Waals surface area contributed by atoms with Gasteiger partial charge in [-0.25, -0.2) is 4.98 Å². The summed E-state index contributed by atoms with van der Waals surface area (Å²) >= 11 is 0. The van der Waals surface area contributed by atoms with Gasteiger partial charge in [0.25, 0.3) is 5.69 Å². The van der Waals surface area contributed by atoms with Crippen LogP contribution in [0.25, 0.3) is 0 Å². The summed E-state index contributed by atoms with van der Waals surface area (Å²) in [6, 6.07) is 1.46. The molecular formula is C18H22N4O2. The van der Waals surface area contributed by atoms with Crippen molar-refractivity contribution in [2.24, 2.45) is 10.9 Å². The lowest BCUT2D eigenvalue weighted by molar-refractivity contribution is -0.385. The van der Waals surface area contributed by atoms with Gasteiger partial charge < -0.3 is 5.32 Å². The molecule has 1 aliphatic carbocycles. The highest BCUT2D eigenvalue weighted by Crippen LogP contribution is 2.24. The molecule has 0 fully saturated rings. The number of rotatable bonds is 6. The fourth-order valence-electron chi connectivity index (χ4n) is 2.43. The van der Waals surface area contributed by atoms with Crippen molar-refractivity contribution in [3.63, 3.8) is 0 Å². The second kappa shape index (κ2) is 8.19. The second-order valence-corrected chi connectivity index (χ2v) is 5.66. The summed E-state index contributed by atoms with van der Waals surface area (Å²) in [4.78, 5) is 19.1. The van der Waals surface area contributed by atoms with Gasteiger partial charge in [0.2, 0.25) is 0 Å². The van der Waals surface area contributed by atoms with Crippen LogP contribution in [0.3, 0.4) is 0 Å². The Morgan fingerprint density at radius 1 is 1.46 bits per heavy atom. The SMILES string of the molecule is CC/N=C\CC1C=CC=C(Nc2cc([N+](=O)[O-])c(C)cn2)C=C1C. The standard InChI is InChI=1S/C18H22N4O2/c1-4-19-9-8-15-6-5-7-16(10-13(15)2)21-18-11-17(22(23)24)14(3)12-20-18/h5-7,9-12,15H,4,8H2,1-3H3,(H,20,21)/b19-9-. The molecular weight excluding hydrogens is 304 g/mol. The van der Waals surface area contributed by atoms with Crippen LogP contribution in [0.4, 0.5) is 11.5 Å². The molecule has 1 heterocycles. The third-order valence-corrected chi connectivity index (χ3v) is 3.80. The molecule has 6 heteroatoms. The van der Waals surface area contributed by atoms with Crippen LogP contribution in [0.2, 0.25) is 0 Å². The van der Waals surface area contributed by atoms with E-state index in [1.807, 2.05) is 31.4 Å². The Morgan fingerprint density at radius 2 is 2.25 bits per heavy atom. The zero-order valence-electron chi connectivity index (χ0n) is 14.2. The summed E-state index contributed by atoms with van der Waals surface area (Å²) in [5.74, 6) is 0.762. The minimum Gasteiger partial charge on any atom is -0.340 e. The van der Waals surface area contributed by atoms with E-state index in [2.05, 4.69) is 28.3 Å². The number of nitrogens with one attached hydrogen (secondary N) is 1. The molecule has 24 heavy (non-hydrogen) atoms. The summed E-state index contributed by atoms with van der Waals surface area (Å²) in [5, 5.41) is 14.2. The van der Waals surface area contributed by atoms with Gasteiger partial charge in [0.15, 0.2) is 0 Å². The van der Waals surface area contributed by atoms with Crippen molar-refractivity contribution in [1.82, 2.24) is 4.98 Å². The van der Waals surface area contributed by atoms with Crippen LogP contribution < -0.4 is 5.32 Å². The zero-order valence-corrected chi connectivity index (χ0v) is 14.2. The predicted octanol–water partition coefficient (Wildman–Crippen LogP) is 4.21. The summed E-state index contributed by atoms with van der Waals surface area (Å²) < 4.78 is 0. The van der Waals surface area contributed by atoms with Gasteiger partial charge >= 0.3 is 0 Å². The van der Waals surface area contributed by atoms with Crippen molar-refractivity contribution >= 4 is 17.7 Å². The molecule has 0 radical (unpaired) electrons. The third-order valence-electron chi connectivity index (χ3n) is 3.80. The van der Waals surface area contributed by atoms with Gasteiger partial charge in [0.05, 0.1) is 11.0 Å². The molecule has 0 bridgehead atoms. The predicted molar refractivity (Wildman–Crippen MR) is 97.4 cm³/mol. The summed E-state index contributed by atoms with van der Waals surface area (Å²) in [7, 11) is 0. The monoisotopic (exact) mass is 326 g/mol. The van der Waals surface area contributed by atoms with Gasteiger partial charge in [-0.05, 0) is 45.6 Å². The molecule has 1 aromatic rings. The third kappa shape index (κ3) is 4.62. The molecule has 0 spiro atoms. The minimum absolute atomic E-state index is 0.0617. The normalized spacial score (nSPS) is 17.4. The highest BCUT2D eigenvalue weighted by atomic mass is 16.6. The fraction of sp³-hybridized carbons (Fsp3) is 0.333. The highest BCUT2D eigenvalue weighted by Gasteiger charge is 2.13. The highest BCUT2D eigenvalue weighted by molar-refractivity contribution is 5.60. The first-order valence-electron chi connectivity index (χ1n) is 7.94. The van der Waals surface area contributed by atoms with E-state index in [0.717, 1.165) is 18.7 Å². The van der Waals surface area contributed by atoms with Gasteiger partial charge in [-0.3, -0.25) is 15.1 Å². The average Bonchev–Trinajstić information content (AvgIpc) is 2.71. The van der Waals surface area contributed by atoms with Crippen LogP contribution >= 0.6 is 0 Å². The Kier molecular flexibility index (Phi) is 6.01. The van der Waals surface area contributed by atoms with E-state index < -0.39 is 4.92 Å². The van der Waals surface area contributed by atoms with Gasteiger partial charge in [0.1, 0.15) is 5.82 Å². The Hall–Kier alpha value is -2.76. The molecule has 0 saturated carbocycles. The maximum absolute atomic E-state index is 11.0. The molecule has 0 saturated heterocycles. The largest absolute Gasteiger partial charge is 0.340 e. The number of nitro groups is 1. The Bertz CT molecular complexity index is 733.